The number of halogens is 1. The molecule has 3 rings (SSSR count). The number of thioether (sulfide) groups is 1. The van der Waals surface area contributed by atoms with Crippen molar-refractivity contribution in [2.45, 2.75) is 50.8 Å². The molecule has 1 heterocycles. The van der Waals surface area contributed by atoms with Crippen molar-refractivity contribution in [1.82, 2.24) is 4.90 Å². The molecule has 1 fully saturated rings. The third kappa shape index (κ3) is 7.27. The van der Waals surface area contributed by atoms with Gasteiger partial charge in [0.2, 0.25) is 0 Å². The van der Waals surface area contributed by atoms with E-state index < -0.39 is 10.0 Å². The van der Waals surface area contributed by atoms with Crippen molar-refractivity contribution < 1.29 is 22.7 Å². The van der Waals surface area contributed by atoms with Crippen LogP contribution >= 0.6 is 23.4 Å². The van der Waals surface area contributed by atoms with Gasteiger partial charge in [-0.25, -0.2) is 0 Å². The Morgan fingerprint density at radius 2 is 1.75 bits per heavy atom. The van der Waals surface area contributed by atoms with E-state index in [1.807, 2.05) is 12.1 Å². The van der Waals surface area contributed by atoms with Gasteiger partial charge in [-0.2, -0.15) is 8.42 Å². The van der Waals surface area contributed by atoms with Crippen LogP contribution in [0.25, 0.3) is 6.08 Å². The predicted molar refractivity (Wildman–Crippen MR) is 146 cm³/mol. The number of likely N-dealkylation sites (N-methyl/N-ethyl adjacent to an activating group) is 1. The first-order valence-electron chi connectivity index (χ1n) is 11.9. The Labute approximate surface area is 222 Å². The molecular weight excluding hydrogens is 520 g/mol. The standard InChI is InChI=1S/C26H31ClN2O5S2/c1-4-6-7-8-9-16-34-23-17-19(10-15-22(23)33-3)18-24-25(30)29(5-2)26(35-24)28-36(31,32)21-13-11-20(27)12-14-21/h10-15,17-18H,4-9,16H2,1-3H3/b24-18-,28-26+. The third-order valence-electron chi connectivity index (χ3n) is 5.50. The minimum atomic E-state index is -4.01. The van der Waals surface area contributed by atoms with Crippen LogP contribution in [0.3, 0.4) is 0 Å². The lowest BCUT2D eigenvalue weighted by Gasteiger charge is -2.12. The second-order valence-electron chi connectivity index (χ2n) is 8.14. The minimum Gasteiger partial charge on any atom is -0.493 e. The van der Waals surface area contributed by atoms with Gasteiger partial charge in [-0.3, -0.25) is 9.69 Å². The molecule has 0 bridgehead atoms. The van der Waals surface area contributed by atoms with Crippen molar-refractivity contribution >= 4 is 50.5 Å². The monoisotopic (exact) mass is 550 g/mol. The Hall–Kier alpha value is -2.49. The maximum Gasteiger partial charge on any atom is 0.284 e. The molecule has 1 saturated heterocycles. The molecule has 1 amide bonds. The van der Waals surface area contributed by atoms with Gasteiger partial charge < -0.3 is 9.47 Å². The van der Waals surface area contributed by atoms with E-state index in [-0.39, 0.29) is 22.5 Å². The van der Waals surface area contributed by atoms with Gasteiger partial charge in [0, 0.05) is 11.6 Å². The van der Waals surface area contributed by atoms with Crippen LogP contribution in [0.2, 0.25) is 5.02 Å². The predicted octanol–water partition coefficient (Wildman–Crippen LogP) is 6.38. The van der Waals surface area contributed by atoms with Crippen LogP contribution in [0.15, 0.2) is 56.7 Å². The van der Waals surface area contributed by atoms with Crippen LogP contribution in [0, 0.1) is 0 Å². The van der Waals surface area contributed by atoms with Crippen molar-refractivity contribution in [3.8, 4) is 11.5 Å². The molecule has 0 aliphatic carbocycles. The summed E-state index contributed by atoms with van der Waals surface area (Å²) in [6, 6.07) is 11.2. The SMILES string of the molecule is CCCCCCCOc1cc(/C=C2\S/C(=N/S(=O)(=O)c3ccc(Cl)cc3)N(CC)C2=O)ccc1OC. The molecule has 0 N–H and O–H groups in total. The van der Waals surface area contributed by atoms with Crippen LogP contribution in [0.1, 0.15) is 51.5 Å². The van der Waals surface area contributed by atoms with Gasteiger partial charge in [0.15, 0.2) is 16.7 Å². The van der Waals surface area contributed by atoms with Crippen molar-refractivity contribution in [3.63, 3.8) is 0 Å². The van der Waals surface area contributed by atoms with Gasteiger partial charge in [0.05, 0.1) is 23.5 Å². The summed E-state index contributed by atoms with van der Waals surface area (Å²) in [5.41, 5.74) is 0.741. The summed E-state index contributed by atoms with van der Waals surface area (Å²) >= 11 is 6.89. The Morgan fingerprint density at radius 3 is 2.42 bits per heavy atom. The third-order valence-corrected chi connectivity index (χ3v) is 8.16. The fourth-order valence-electron chi connectivity index (χ4n) is 3.55. The number of hydrogen-bond acceptors (Lipinski definition) is 6. The number of hydrogen-bond donors (Lipinski definition) is 0. The zero-order chi connectivity index (χ0) is 26.1. The zero-order valence-electron chi connectivity index (χ0n) is 20.7. The van der Waals surface area contributed by atoms with Gasteiger partial charge in [-0.15, -0.1) is 4.40 Å². The molecule has 2 aromatic carbocycles. The first-order valence-corrected chi connectivity index (χ1v) is 14.5. The van der Waals surface area contributed by atoms with E-state index in [9.17, 15) is 13.2 Å². The Morgan fingerprint density at radius 1 is 1.03 bits per heavy atom. The number of methoxy groups -OCH3 is 1. The molecule has 1 aliphatic rings. The summed E-state index contributed by atoms with van der Waals surface area (Å²) in [7, 11) is -2.42. The lowest BCUT2D eigenvalue weighted by Crippen LogP contribution is -2.29. The van der Waals surface area contributed by atoms with E-state index in [1.54, 1.807) is 26.2 Å². The zero-order valence-corrected chi connectivity index (χ0v) is 23.1. The highest BCUT2D eigenvalue weighted by atomic mass is 35.5. The molecule has 0 atom stereocenters. The molecule has 0 unspecified atom stereocenters. The summed E-state index contributed by atoms with van der Waals surface area (Å²) in [5, 5.41) is 0.535. The Kier molecular flexibility index (Phi) is 10.3. The molecule has 194 valence electrons. The highest BCUT2D eigenvalue weighted by Crippen LogP contribution is 2.35. The summed E-state index contributed by atoms with van der Waals surface area (Å²) in [6.07, 6.45) is 7.37. The number of carbonyl (C=O) groups is 1. The summed E-state index contributed by atoms with van der Waals surface area (Å²) in [6.45, 7) is 4.82. The van der Waals surface area contributed by atoms with E-state index in [1.165, 1.54) is 48.4 Å². The smallest absolute Gasteiger partial charge is 0.284 e. The van der Waals surface area contributed by atoms with E-state index in [4.69, 9.17) is 21.1 Å². The van der Waals surface area contributed by atoms with Crippen LogP contribution < -0.4 is 9.47 Å². The fraction of sp³-hybridized carbons (Fsp3) is 0.385. The van der Waals surface area contributed by atoms with Crippen LogP contribution in [0.5, 0.6) is 11.5 Å². The summed E-state index contributed by atoms with van der Waals surface area (Å²) in [4.78, 5) is 14.7. The molecule has 36 heavy (non-hydrogen) atoms. The fourth-order valence-corrected chi connectivity index (χ4v) is 5.92. The average molecular weight is 551 g/mol. The minimum absolute atomic E-state index is 0.00701. The van der Waals surface area contributed by atoms with Crippen LogP contribution in [-0.4, -0.2) is 44.7 Å². The number of benzene rings is 2. The van der Waals surface area contributed by atoms with Gasteiger partial charge in [0.1, 0.15) is 0 Å². The molecule has 10 heteroatoms. The topological polar surface area (TPSA) is 85.3 Å². The van der Waals surface area contributed by atoms with E-state index in [2.05, 4.69) is 11.3 Å². The number of unbranched alkanes of at least 4 members (excludes halogenated alkanes) is 4. The summed E-state index contributed by atoms with van der Waals surface area (Å²) in [5.74, 6) is 0.911. The van der Waals surface area contributed by atoms with Crippen LogP contribution in [0.4, 0.5) is 0 Å². The quantitative estimate of drug-likeness (QED) is 0.225. The van der Waals surface area contributed by atoms with E-state index >= 15 is 0 Å². The molecule has 0 spiro atoms. The molecular formula is C26H31ClN2O5S2. The molecule has 2 aromatic rings. The number of amides is 1. The Bertz CT molecular complexity index is 1230. The molecule has 1 aliphatic heterocycles. The number of carbonyl (C=O) groups excluding carboxylic acids is 1. The molecule has 7 nitrogen and oxygen atoms in total. The second kappa shape index (κ2) is 13.2. The molecule has 0 radical (unpaired) electrons. The van der Waals surface area contributed by atoms with Crippen LogP contribution in [-0.2, 0) is 14.8 Å². The van der Waals surface area contributed by atoms with Crippen molar-refractivity contribution in [2.75, 3.05) is 20.3 Å². The second-order valence-corrected chi connectivity index (χ2v) is 11.2. The number of sulfonamides is 1. The summed E-state index contributed by atoms with van der Waals surface area (Å²) < 4.78 is 40.9. The van der Waals surface area contributed by atoms with Gasteiger partial charge in [0.25, 0.3) is 15.9 Å². The first-order chi connectivity index (χ1) is 17.3. The van der Waals surface area contributed by atoms with Gasteiger partial charge >= 0.3 is 0 Å². The number of rotatable bonds is 12. The maximum absolute atomic E-state index is 13.0. The maximum atomic E-state index is 13.0. The molecule has 0 aromatic heterocycles. The van der Waals surface area contributed by atoms with Crippen molar-refractivity contribution in [3.05, 3.63) is 58.0 Å². The average Bonchev–Trinajstić information content (AvgIpc) is 3.14. The van der Waals surface area contributed by atoms with E-state index in [0.717, 1.165) is 30.2 Å². The van der Waals surface area contributed by atoms with Gasteiger partial charge in [-0.05, 0) is 73.1 Å². The number of amidine groups is 1. The normalized spacial score (nSPS) is 16.2. The number of nitrogens with zero attached hydrogens (tertiary/aromatic N) is 2. The highest BCUT2D eigenvalue weighted by molar-refractivity contribution is 8.19. The lowest BCUT2D eigenvalue weighted by atomic mass is 10.1. The Balaban J connectivity index is 1.81. The van der Waals surface area contributed by atoms with Crippen molar-refractivity contribution in [1.29, 1.82) is 0 Å². The molecule has 0 saturated carbocycles. The lowest BCUT2D eigenvalue weighted by molar-refractivity contribution is -0.122. The number of ether oxygens (including phenoxy) is 2. The first kappa shape index (κ1) is 28.1. The highest BCUT2D eigenvalue weighted by Gasteiger charge is 2.34. The largest absolute Gasteiger partial charge is 0.493 e. The van der Waals surface area contributed by atoms with Crippen molar-refractivity contribution in [2.24, 2.45) is 4.40 Å². The van der Waals surface area contributed by atoms with E-state index in [0.29, 0.717) is 28.0 Å². The van der Waals surface area contributed by atoms with Gasteiger partial charge in [-0.1, -0.05) is 50.3 Å².